The first-order valence-electron chi connectivity index (χ1n) is 19.6. The van der Waals surface area contributed by atoms with Crippen molar-refractivity contribution in [1.82, 2.24) is 25.1 Å². The molecule has 3 aromatic rings. The summed E-state index contributed by atoms with van der Waals surface area (Å²) in [4.78, 5) is 51.3. The van der Waals surface area contributed by atoms with E-state index >= 15 is 4.39 Å². The molecule has 12 nitrogen and oxygen atoms in total. The number of anilines is 2. The van der Waals surface area contributed by atoms with Crippen LogP contribution in [0.1, 0.15) is 64.1 Å². The van der Waals surface area contributed by atoms with Gasteiger partial charge in [-0.3, -0.25) is 19.7 Å². The molecule has 2 aromatic carbocycles. The third-order valence-corrected chi connectivity index (χ3v) is 12.8. The first-order valence-corrected chi connectivity index (χ1v) is 20.7. The van der Waals surface area contributed by atoms with Gasteiger partial charge in [-0.25, -0.2) is 9.37 Å². The highest BCUT2D eigenvalue weighted by Crippen LogP contribution is 2.32. The van der Waals surface area contributed by atoms with Crippen LogP contribution in [0.25, 0.3) is 10.9 Å². The van der Waals surface area contributed by atoms with Crippen LogP contribution in [0, 0.1) is 11.7 Å². The molecule has 3 N–H and O–H groups in total. The van der Waals surface area contributed by atoms with E-state index < -0.39 is 17.4 Å². The summed E-state index contributed by atoms with van der Waals surface area (Å²) in [5.74, 6) is 0.852. The normalized spacial score (nSPS) is 23.3. The first kappa shape index (κ1) is 38.6. The molecule has 3 atom stereocenters. The summed E-state index contributed by atoms with van der Waals surface area (Å²) in [5, 5.41) is 6.14. The number of carbonyl (C=O) groups is 2. The van der Waals surface area contributed by atoms with Gasteiger partial charge in [0.2, 0.25) is 11.8 Å². The molecule has 2 amide bonds. The molecular weight excluding hydrogens is 710 g/mol. The number of aromatic nitrogens is 2. The van der Waals surface area contributed by atoms with Crippen LogP contribution in [-0.2, 0) is 20.1 Å². The van der Waals surface area contributed by atoms with Gasteiger partial charge >= 0.3 is 0 Å². The smallest absolute Gasteiger partial charge is 0.261 e. The molecule has 0 spiro atoms. The lowest BCUT2D eigenvalue weighted by molar-refractivity contribution is -0.133. The van der Waals surface area contributed by atoms with Gasteiger partial charge in [-0.05, 0) is 102 Å². The molecule has 4 aliphatic rings. The topological polar surface area (TPSA) is 132 Å². The van der Waals surface area contributed by atoms with Crippen LogP contribution in [0.4, 0.5) is 15.8 Å². The maximum absolute atomic E-state index is 15.1. The lowest BCUT2D eigenvalue weighted by atomic mass is 9.98. The molecule has 4 saturated heterocycles. The van der Waals surface area contributed by atoms with E-state index in [1.807, 2.05) is 12.1 Å². The van der Waals surface area contributed by atoms with E-state index in [1.165, 1.54) is 11.8 Å². The molecule has 0 radical (unpaired) electrons. The average molecular weight is 764 g/mol. The molecule has 14 heteroatoms. The predicted molar refractivity (Wildman–Crippen MR) is 211 cm³/mol. The molecule has 0 aliphatic carbocycles. The van der Waals surface area contributed by atoms with Gasteiger partial charge in [-0.1, -0.05) is 0 Å². The van der Waals surface area contributed by atoms with Crippen LogP contribution in [0.2, 0.25) is 0 Å². The summed E-state index contributed by atoms with van der Waals surface area (Å²) >= 11 is 1.76. The molecule has 5 heterocycles. The standard InChI is InChI=1S/C40H54FN7O5S/c1-26-3-6-30(48(26)29-7-4-28(5-8-29)42-34-9-10-37(49)45-39(34)50)23-46(2)17-18-47-15-11-27(12-16-47)24-53-31-21-33(41)38-35(22-31)43-36(44-40(38)51)25-54-32-13-19-52-20-14-32/h4-5,7-8,21-22,26-27,30,32,34,42H,3,6,9-20,23-25H2,1-2H3,(H,43,44,51)(H,45,49,50). The first-order chi connectivity index (χ1) is 26.2. The van der Waals surface area contributed by atoms with E-state index in [4.69, 9.17) is 9.47 Å². The maximum atomic E-state index is 15.1. The van der Waals surface area contributed by atoms with Gasteiger partial charge in [0.15, 0.2) is 0 Å². The van der Waals surface area contributed by atoms with Crippen molar-refractivity contribution in [2.45, 2.75) is 87.4 Å². The van der Waals surface area contributed by atoms with E-state index in [1.54, 1.807) is 17.8 Å². The van der Waals surface area contributed by atoms with Crippen LogP contribution in [-0.4, -0.2) is 115 Å². The number of halogens is 1. The maximum Gasteiger partial charge on any atom is 0.261 e. The molecule has 1 aromatic heterocycles. The lowest BCUT2D eigenvalue weighted by Crippen LogP contribution is -2.47. The van der Waals surface area contributed by atoms with Crippen LogP contribution >= 0.6 is 11.8 Å². The molecule has 4 fully saturated rings. The number of fused-ring (bicyclic) bond motifs is 1. The molecule has 292 valence electrons. The Hall–Kier alpha value is -3.72. The number of piperidine rings is 2. The molecule has 0 bridgehead atoms. The van der Waals surface area contributed by atoms with Crippen molar-refractivity contribution in [1.29, 1.82) is 0 Å². The number of nitrogens with zero attached hydrogens (tertiary/aromatic N) is 4. The second-order valence-corrected chi connectivity index (χ2v) is 16.8. The number of H-pyrrole nitrogens is 1. The van der Waals surface area contributed by atoms with Crippen molar-refractivity contribution >= 4 is 45.9 Å². The Kier molecular flexibility index (Phi) is 12.7. The largest absolute Gasteiger partial charge is 0.493 e. The van der Waals surface area contributed by atoms with Gasteiger partial charge < -0.3 is 34.5 Å². The minimum absolute atomic E-state index is 0.0224. The molecule has 4 aliphatic heterocycles. The van der Waals surface area contributed by atoms with Crippen LogP contribution < -0.4 is 25.8 Å². The van der Waals surface area contributed by atoms with Crippen molar-refractivity contribution < 1.29 is 23.5 Å². The monoisotopic (exact) mass is 763 g/mol. The number of nitrogens with one attached hydrogen (secondary N) is 3. The summed E-state index contributed by atoms with van der Waals surface area (Å²) in [7, 11) is 2.22. The quantitative estimate of drug-likeness (QED) is 0.196. The second kappa shape index (κ2) is 17.8. The number of thioether (sulfide) groups is 1. The van der Waals surface area contributed by atoms with Gasteiger partial charge in [-0.15, -0.1) is 0 Å². The van der Waals surface area contributed by atoms with Crippen LogP contribution in [0.5, 0.6) is 5.75 Å². The van der Waals surface area contributed by atoms with Gasteiger partial charge in [0.25, 0.3) is 5.56 Å². The van der Waals surface area contributed by atoms with Gasteiger partial charge in [-0.2, -0.15) is 11.8 Å². The highest BCUT2D eigenvalue weighted by Gasteiger charge is 2.32. The van der Waals surface area contributed by atoms with E-state index in [2.05, 4.69) is 61.4 Å². The number of benzene rings is 2. The fraction of sp³-hybridized carbons (Fsp3) is 0.600. The van der Waals surface area contributed by atoms with Crippen molar-refractivity contribution in [2.24, 2.45) is 5.92 Å². The zero-order valence-corrected chi connectivity index (χ0v) is 32.3. The summed E-state index contributed by atoms with van der Waals surface area (Å²) in [6, 6.07) is 11.8. The van der Waals surface area contributed by atoms with Crippen LogP contribution in [0.15, 0.2) is 41.2 Å². The molecule has 0 saturated carbocycles. The van der Waals surface area contributed by atoms with E-state index in [0.29, 0.717) is 65.5 Å². The van der Waals surface area contributed by atoms with E-state index in [9.17, 15) is 14.4 Å². The number of hydrogen-bond acceptors (Lipinski definition) is 11. The fourth-order valence-corrected chi connectivity index (χ4v) is 9.33. The zero-order chi connectivity index (χ0) is 37.6. The Morgan fingerprint density at radius 2 is 1.81 bits per heavy atom. The summed E-state index contributed by atoms with van der Waals surface area (Å²) in [5.41, 5.74) is 1.96. The number of hydrogen-bond donors (Lipinski definition) is 3. The minimum Gasteiger partial charge on any atom is -0.493 e. The number of likely N-dealkylation sites (tertiary alicyclic amines) is 1. The third-order valence-electron chi connectivity index (χ3n) is 11.5. The summed E-state index contributed by atoms with van der Waals surface area (Å²) in [6.07, 6.45) is 7.18. The SMILES string of the molecule is CC1CCC(CN(C)CCN2CCC(COc3cc(F)c4c(=O)[nH]c(CSC5CCOCC5)nc4c3)CC2)N1c1ccc(NC2CCC(=O)NC2=O)cc1. The van der Waals surface area contributed by atoms with Gasteiger partial charge in [0.05, 0.1) is 17.9 Å². The number of carbonyl (C=O) groups excluding carboxylic acids is 2. The highest BCUT2D eigenvalue weighted by molar-refractivity contribution is 7.99. The van der Waals surface area contributed by atoms with E-state index in [-0.39, 0.29) is 17.2 Å². The number of amides is 2. The Morgan fingerprint density at radius 1 is 1.04 bits per heavy atom. The van der Waals surface area contributed by atoms with Crippen molar-refractivity contribution in [3.8, 4) is 5.75 Å². The van der Waals surface area contributed by atoms with Crippen molar-refractivity contribution in [3.63, 3.8) is 0 Å². The summed E-state index contributed by atoms with van der Waals surface area (Å²) < 4.78 is 26.6. The molecule has 3 unspecified atom stereocenters. The third kappa shape index (κ3) is 9.74. The van der Waals surface area contributed by atoms with Crippen molar-refractivity contribution in [3.05, 3.63) is 58.4 Å². The number of aromatic amines is 1. The van der Waals surface area contributed by atoms with Crippen molar-refractivity contribution in [2.75, 3.05) is 69.8 Å². The Labute approximate surface area is 320 Å². The van der Waals surface area contributed by atoms with Gasteiger partial charge in [0, 0.05) is 80.1 Å². The Balaban J connectivity index is 0.842. The average Bonchev–Trinajstić information content (AvgIpc) is 3.53. The highest BCUT2D eigenvalue weighted by atomic mass is 32.2. The predicted octanol–water partition coefficient (Wildman–Crippen LogP) is 4.77. The Bertz CT molecular complexity index is 1810. The van der Waals surface area contributed by atoms with E-state index in [0.717, 1.165) is 90.1 Å². The van der Waals surface area contributed by atoms with Gasteiger partial charge in [0.1, 0.15) is 28.8 Å². The minimum atomic E-state index is -0.605. The number of ether oxygens (including phenoxy) is 2. The second-order valence-electron chi connectivity index (χ2n) is 15.5. The Morgan fingerprint density at radius 3 is 2.57 bits per heavy atom. The zero-order valence-electron chi connectivity index (χ0n) is 31.5. The number of likely N-dealkylation sites (N-methyl/N-ethyl adjacent to an activating group) is 1. The molecular formula is C40H54FN7O5S. The number of imide groups is 1. The number of rotatable bonds is 14. The fourth-order valence-electron chi connectivity index (χ4n) is 8.27. The lowest BCUT2D eigenvalue weighted by Gasteiger charge is -2.35. The van der Waals surface area contributed by atoms with Crippen LogP contribution in [0.3, 0.4) is 0 Å². The molecule has 7 rings (SSSR count). The molecule has 54 heavy (non-hydrogen) atoms. The summed E-state index contributed by atoms with van der Waals surface area (Å²) in [6.45, 7) is 9.33.